The Kier molecular flexibility index (Phi) is 8.24. The highest BCUT2D eigenvalue weighted by molar-refractivity contribution is 6.29. The summed E-state index contributed by atoms with van der Waals surface area (Å²) in [5.41, 5.74) is -2.90. The van der Waals surface area contributed by atoms with Gasteiger partial charge in [0.2, 0.25) is 0 Å². The van der Waals surface area contributed by atoms with Gasteiger partial charge in [0, 0.05) is 11.8 Å². The number of ether oxygens (including phenoxy) is 4. The number of hydrogen-bond acceptors (Lipinski definition) is 9. The van der Waals surface area contributed by atoms with Crippen LogP contribution in [0.15, 0.2) is 121 Å². The number of fused-ring (bicyclic) bond motifs is 12. The number of allylic oxidation sites excluding steroid dienone is 2. The molecule has 1 aliphatic heterocycles. The molecular weight excluding hydrogens is 725 g/mol. The zero-order valence-electron chi connectivity index (χ0n) is 32.0. The van der Waals surface area contributed by atoms with Gasteiger partial charge in [-0.25, -0.2) is 19.6 Å². The number of esters is 2. The first-order valence-electron chi connectivity index (χ1n) is 19.1. The summed E-state index contributed by atoms with van der Waals surface area (Å²) in [5.74, 6) is -3.49. The molecule has 0 aromatic heterocycles. The van der Waals surface area contributed by atoms with Gasteiger partial charge in [0.15, 0.2) is 5.78 Å². The molecule has 9 rings (SSSR count). The lowest BCUT2D eigenvalue weighted by Crippen LogP contribution is -2.83. The van der Waals surface area contributed by atoms with Gasteiger partial charge in [0.25, 0.3) is 0 Å². The van der Waals surface area contributed by atoms with Crippen LogP contribution in [0.25, 0.3) is 11.1 Å². The number of hydrogen-bond donors (Lipinski definition) is 0. The van der Waals surface area contributed by atoms with E-state index in [1.54, 1.807) is 13.8 Å². The molecule has 57 heavy (non-hydrogen) atoms. The van der Waals surface area contributed by atoms with Gasteiger partial charge in [0.1, 0.15) is 24.0 Å². The highest BCUT2D eigenvalue weighted by Crippen LogP contribution is 2.93. The predicted octanol–water partition coefficient (Wildman–Crippen LogP) is 7.12. The summed E-state index contributed by atoms with van der Waals surface area (Å²) in [7, 11) is 2.51. The lowest BCUT2D eigenvalue weighted by Gasteiger charge is -2.72. The molecule has 2 amide bonds. The summed E-state index contributed by atoms with van der Waals surface area (Å²) < 4.78 is 23.2. The quantitative estimate of drug-likeness (QED) is 0.136. The molecule has 4 aromatic carbocycles. The zero-order chi connectivity index (χ0) is 39.9. The first kappa shape index (κ1) is 36.4. The number of nitrogens with zero attached hydrogens (tertiary/aromatic N) is 2. The summed E-state index contributed by atoms with van der Waals surface area (Å²) in [5, 5.41) is 2.50. The van der Waals surface area contributed by atoms with Crippen molar-refractivity contribution in [1.82, 2.24) is 10.0 Å². The maximum absolute atomic E-state index is 15.8. The SMILES string of the molecule is COC(=O)[C@@]12[C@@H]3[C@@H]([C@@H]4C[C@H]3N(C(=O)OCc3ccccc3)N4C(=O)OCc3ccccc3)[C@]1(C(=O)OC)[C@]1(C)C(=O)[C@@]2(C)C(c2ccccc2)=C1c1ccccc1. The Hall–Kier alpha value is -6.23. The number of amides is 2. The molecule has 5 aliphatic rings. The van der Waals surface area contributed by atoms with Gasteiger partial charge in [-0.3, -0.25) is 14.4 Å². The monoisotopic (exact) mass is 766 g/mol. The van der Waals surface area contributed by atoms with Crippen LogP contribution >= 0.6 is 0 Å². The van der Waals surface area contributed by atoms with Crippen LogP contribution in [0.4, 0.5) is 9.59 Å². The molecule has 11 nitrogen and oxygen atoms in total. The predicted molar refractivity (Wildman–Crippen MR) is 206 cm³/mol. The minimum atomic E-state index is -1.86. The van der Waals surface area contributed by atoms with Gasteiger partial charge in [-0.1, -0.05) is 121 Å². The van der Waals surface area contributed by atoms with E-state index in [0.29, 0.717) is 11.1 Å². The van der Waals surface area contributed by atoms with Crippen molar-refractivity contribution in [2.24, 2.45) is 33.5 Å². The van der Waals surface area contributed by atoms with Crippen LogP contribution in [0.3, 0.4) is 0 Å². The molecule has 4 fully saturated rings. The largest absolute Gasteiger partial charge is 0.469 e. The van der Waals surface area contributed by atoms with Gasteiger partial charge >= 0.3 is 24.1 Å². The maximum atomic E-state index is 15.8. The van der Waals surface area contributed by atoms with E-state index in [9.17, 15) is 9.59 Å². The number of carbonyl (C=O) groups excluding carboxylic acids is 5. The maximum Gasteiger partial charge on any atom is 0.429 e. The Morgan fingerprint density at radius 2 is 0.895 bits per heavy atom. The summed E-state index contributed by atoms with van der Waals surface area (Å²) in [6.07, 6.45) is -1.46. The fraction of sp³-hybridized carbons (Fsp3) is 0.326. The fourth-order valence-electron chi connectivity index (χ4n) is 12.2. The van der Waals surface area contributed by atoms with Gasteiger partial charge in [-0.15, -0.1) is 0 Å². The molecule has 0 N–H and O–H groups in total. The molecule has 0 radical (unpaired) electrons. The van der Waals surface area contributed by atoms with Gasteiger partial charge < -0.3 is 18.9 Å². The average Bonchev–Trinajstić information content (AvgIpc) is 3.86. The topological polar surface area (TPSA) is 129 Å². The number of methoxy groups -OCH3 is 2. The Morgan fingerprint density at radius 3 is 1.23 bits per heavy atom. The number of carbonyl (C=O) groups is 5. The smallest absolute Gasteiger partial charge is 0.429 e. The normalized spacial score (nSPS) is 31.3. The third-order valence-corrected chi connectivity index (χ3v) is 13.8. The Labute approximate surface area is 330 Å². The molecule has 1 saturated heterocycles. The van der Waals surface area contributed by atoms with E-state index in [0.717, 1.165) is 22.3 Å². The molecule has 3 saturated carbocycles. The summed E-state index contributed by atoms with van der Waals surface area (Å²) in [6.45, 7) is 3.33. The first-order valence-corrected chi connectivity index (χ1v) is 19.1. The van der Waals surface area contributed by atoms with E-state index >= 15 is 14.4 Å². The number of hydrazine groups is 1. The van der Waals surface area contributed by atoms with E-state index in [2.05, 4.69) is 0 Å². The molecular formula is C46H42N2O9. The van der Waals surface area contributed by atoms with E-state index in [1.165, 1.54) is 24.2 Å². The van der Waals surface area contributed by atoms with E-state index in [1.807, 2.05) is 121 Å². The summed E-state index contributed by atoms with van der Waals surface area (Å²) in [4.78, 5) is 75.0. The van der Waals surface area contributed by atoms with Crippen LogP contribution in [0.1, 0.15) is 42.5 Å². The van der Waals surface area contributed by atoms with Crippen molar-refractivity contribution < 1.29 is 42.9 Å². The highest BCUT2D eigenvalue weighted by Gasteiger charge is 3.02. The first-order chi connectivity index (χ1) is 27.6. The second-order valence-corrected chi connectivity index (χ2v) is 15.9. The molecule has 0 unspecified atom stereocenters. The Balaban J connectivity index is 1.26. The summed E-state index contributed by atoms with van der Waals surface area (Å²) in [6, 6.07) is 35.4. The van der Waals surface area contributed by atoms with Crippen LogP contribution in [-0.2, 0) is 46.5 Å². The molecule has 0 spiro atoms. The van der Waals surface area contributed by atoms with Crippen LogP contribution < -0.4 is 0 Å². The molecule has 290 valence electrons. The Bertz CT molecular complexity index is 2180. The van der Waals surface area contributed by atoms with Crippen LogP contribution in [0.2, 0.25) is 0 Å². The number of Topliss-reactive ketones (excluding diaryl/α,β-unsaturated/α-hetero) is 1. The molecule has 1 heterocycles. The van der Waals surface area contributed by atoms with Crippen LogP contribution in [0.5, 0.6) is 0 Å². The number of benzene rings is 4. The Morgan fingerprint density at radius 1 is 0.561 bits per heavy atom. The minimum absolute atomic E-state index is 0.0849. The van der Waals surface area contributed by atoms with Crippen molar-refractivity contribution in [2.45, 2.75) is 45.6 Å². The third-order valence-electron chi connectivity index (χ3n) is 13.8. The number of rotatable bonds is 8. The minimum Gasteiger partial charge on any atom is -0.469 e. The second kappa shape index (κ2) is 12.9. The van der Waals surface area contributed by atoms with Crippen molar-refractivity contribution in [2.75, 3.05) is 14.2 Å². The number of ketones is 1. The van der Waals surface area contributed by atoms with E-state index in [4.69, 9.17) is 18.9 Å². The second-order valence-electron chi connectivity index (χ2n) is 15.9. The van der Waals surface area contributed by atoms with E-state index in [-0.39, 0.29) is 25.4 Å². The lowest BCUT2D eigenvalue weighted by molar-refractivity contribution is -0.285. The molecule has 11 heteroatoms. The van der Waals surface area contributed by atoms with Crippen molar-refractivity contribution >= 4 is 41.1 Å². The lowest BCUT2D eigenvalue weighted by atomic mass is 9.28. The third kappa shape index (κ3) is 4.29. The molecule has 8 atom stereocenters. The molecule has 4 aliphatic carbocycles. The van der Waals surface area contributed by atoms with Crippen molar-refractivity contribution in [1.29, 1.82) is 0 Å². The van der Waals surface area contributed by atoms with Gasteiger partial charge in [-0.2, -0.15) is 0 Å². The van der Waals surface area contributed by atoms with Crippen molar-refractivity contribution in [3.05, 3.63) is 144 Å². The van der Waals surface area contributed by atoms with Gasteiger partial charge in [-0.05, 0) is 53.7 Å². The fourth-order valence-corrected chi connectivity index (χ4v) is 12.2. The van der Waals surface area contributed by atoms with Gasteiger partial charge in [0.05, 0.1) is 37.1 Å². The van der Waals surface area contributed by atoms with Crippen molar-refractivity contribution in [3.63, 3.8) is 0 Å². The summed E-state index contributed by atoms with van der Waals surface area (Å²) >= 11 is 0. The van der Waals surface area contributed by atoms with Crippen molar-refractivity contribution in [3.8, 4) is 0 Å². The van der Waals surface area contributed by atoms with Crippen LogP contribution in [-0.4, -0.2) is 66.2 Å². The average molecular weight is 767 g/mol. The highest BCUT2D eigenvalue weighted by atomic mass is 16.6. The zero-order valence-corrected chi connectivity index (χ0v) is 32.0. The molecule has 4 bridgehead atoms. The standard InChI is InChI=1S/C46H42N2O9/c1-43-34(30-21-13-7-14-22-30)35(31-23-15-8-16-24-31)44(2,38(43)49)46(40(51)55-4)37-33-25-32(36(37)45(43,46)39(50)54-3)47(41(52)56-26-28-17-9-5-10-18-28)48(33)42(53)57-27-29-19-11-6-12-20-29/h5-24,32-33,36-37H,25-27H2,1-4H3/t32-,33+,36+,37-,43-,44+,45-,46+. The van der Waals surface area contributed by atoms with Crippen LogP contribution in [0, 0.1) is 33.5 Å². The molecule has 4 aromatic rings. The van der Waals surface area contributed by atoms with E-state index < -0.39 is 69.7 Å².